The first-order chi connectivity index (χ1) is 21.9. The first kappa shape index (κ1) is 33.5. The number of esters is 1. The summed E-state index contributed by atoms with van der Waals surface area (Å²) in [7, 11) is 0. The topological polar surface area (TPSA) is 128 Å². The van der Waals surface area contributed by atoms with Gasteiger partial charge in [-0.05, 0) is 43.9 Å². The lowest BCUT2D eigenvalue weighted by atomic mass is 9.92. The first-order valence-corrected chi connectivity index (χ1v) is 16.0. The third-order valence-corrected chi connectivity index (χ3v) is 9.58. The third kappa shape index (κ3) is 6.40. The van der Waals surface area contributed by atoms with Gasteiger partial charge in [0.05, 0.1) is 37.2 Å². The first-order valence-electron chi connectivity index (χ1n) is 15.2. The van der Waals surface area contributed by atoms with Crippen molar-refractivity contribution in [3.05, 3.63) is 63.0 Å². The van der Waals surface area contributed by atoms with Crippen LogP contribution in [0.25, 0.3) is 0 Å². The molecule has 3 unspecified atom stereocenters. The standard InChI is InChI=1S/C31H37F3N6O5S/c1-5-19(29(42)43)10-12-39-26-23(15-40(39)18(4)41)38(16-31(26,33)34)14-22-24(30(44)45-6-2)25(20-8-7-9-21(32)17(20)3)37-27(36-22)28-35-11-13-46-28/h7-9,11,13,19,23,25-26H,5-6,10,12,14-16H2,1-4H3,(H,36,37)(H,42,43)/t19?,23?,25-,26?/m0/s1. The van der Waals surface area contributed by atoms with Crippen LogP contribution in [-0.2, 0) is 19.1 Å². The number of nitrogens with zero attached hydrogens (tertiary/aromatic N) is 5. The average Bonchev–Trinajstić information content (AvgIpc) is 3.72. The molecule has 0 radical (unpaired) electrons. The van der Waals surface area contributed by atoms with E-state index in [1.165, 1.54) is 45.3 Å². The number of nitrogens with one attached hydrogen (secondary N) is 1. The molecule has 1 aromatic carbocycles. The minimum absolute atomic E-state index is 0.0359. The van der Waals surface area contributed by atoms with Gasteiger partial charge >= 0.3 is 11.9 Å². The monoisotopic (exact) mass is 662 g/mol. The van der Waals surface area contributed by atoms with E-state index in [9.17, 15) is 23.9 Å². The fourth-order valence-corrected chi connectivity index (χ4v) is 7.11. The summed E-state index contributed by atoms with van der Waals surface area (Å²) < 4.78 is 52.1. The molecule has 0 spiro atoms. The highest BCUT2D eigenvalue weighted by Crippen LogP contribution is 2.43. The van der Waals surface area contributed by atoms with Crippen molar-refractivity contribution in [2.75, 3.05) is 32.8 Å². The molecule has 5 rings (SSSR count). The zero-order valence-corrected chi connectivity index (χ0v) is 26.8. The Hall–Kier alpha value is -3.82. The maximum absolute atomic E-state index is 15.9. The number of benzene rings is 1. The number of hydrogen-bond donors (Lipinski definition) is 2. The van der Waals surface area contributed by atoms with Gasteiger partial charge in [-0.3, -0.25) is 24.5 Å². The maximum Gasteiger partial charge on any atom is 0.338 e. The highest BCUT2D eigenvalue weighted by atomic mass is 32.1. The smallest absolute Gasteiger partial charge is 0.338 e. The molecule has 11 nitrogen and oxygen atoms in total. The minimum Gasteiger partial charge on any atom is -0.481 e. The molecule has 4 heterocycles. The molecule has 3 aliphatic heterocycles. The van der Waals surface area contributed by atoms with Crippen molar-refractivity contribution in [1.82, 2.24) is 25.2 Å². The van der Waals surface area contributed by atoms with Crippen LogP contribution in [0.2, 0.25) is 0 Å². The molecule has 4 atom stereocenters. The number of aromatic nitrogens is 1. The second-order valence-electron chi connectivity index (χ2n) is 11.6. The number of aliphatic carboxylic acids is 1. The summed E-state index contributed by atoms with van der Waals surface area (Å²) in [6.45, 7) is 5.36. The van der Waals surface area contributed by atoms with Crippen molar-refractivity contribution in [3.63, 3.8) is 0 Å². The normalized spacial score (nSPS) is 23.6. The zero-order chi connectivity index (χ0) is 33.3. The van der Waals surface area contributed by atoms with Crippen LogP contribution in [0.1, 0.15) is 55.8 Å². The highest BCUT2D eigenvalue weighted by molar-refractivity contribution is 7.11. The predicted octanol–water partition coefficient (Wildman–Crippen LogP) is 3.77. The second-order valence-corrected chi connectivity index (χ2v) is 12.5. The SMILES string of the molecule is CCOC(=O)C1=C(CN2CC(F)(F)C3C2CN(C(C)=O)N3CCC(CC)C(=O)O)NC(c2nccs2)=N[C@H]1c1cccc(F)c1C. The van der Waals surface area contributed by atoms with E-state index < -0.39 is 60.2 Å². The van der Waals surface area contributed by atoms with Gasteiger partial charge < -0.3 is 15.2 Å². The quantitative estimate of drug-likeness (QED) is 0.346. The Balaban J connectivity index is 1.55. The number of hydrazine groups is 1. The molecular weight excluding hydrogens is 625 g/mol. The van der Waals surface area contributed by atoms with Crippen LogP contribution in [0.15, 0.2) is 46.0 Å². The Morgan fingerprint density at radius 3 is 2.65 bits per heavy atom. The van der Waals surface area contributed by atoms with E-state index in [0.717, 1.165) is 0 Å². The molecule has 1 aromatic heterocycles. The summed E-state index contributed by atoms with van der Waals surface area (Å²) in [4.78, 5) is 48.5. The number of amides is 1. The van der Waals surface area contributed by atoms with E-state index in [1.54, 1.807) is 38.4 Å². The average molecular weight is 663 g/mol. The number of amidine groups is 1. The Bertz CT molecular complexity index is 1550. The van der Waals surface area contributed by atoms with Crippen LogP contribution >= 0.6 is 11.3 Å². The van der Waals surface area contributed by atoms with E-state index in [-0.39, 0.29) is 49.5 Å². The van der Waals surface area contributed by atoms with Gasteiger partial charge in [0.25, 0.3) is 5.92 Å². The number of thiazole rings is 1. The zero-order valence-electron chi connectivity index (χ0n) is 26.0. The van der Waals surface area contributed by atoms with Crippen molar-refractivity contribution < 1.29 is 37.4 Å². The molecule has 2 fully saturated rings. The molecule has 2 N–H and O–H groups in total. The van der Waals surface area contributed by atoms with Crippen LogP contribution in [0.5, 0.6) is 0 Å². The fourth-order valence-electron chi connectivity index (χ4n) is 6.53. The van der Waals surface area contributed by atoms with Crippen molar-refractivity contribution in [1.29, 1.82) is 0 Å². The van der Waals surface area contributed by atoms with Crippen LogP contribution in [0.3, 0.4) is 0 Å². The summed E-state index contributed by atoms with van der Waals surface area (Å²) in [6, 6.07) is 1.24. The molecule has 46 heavy (non-hydrogen) atoms. The van der Waals surface area contributed by atoms with E-state index in [1.807, 2.05) is 0 Å². The van der Waals surface area contributed by atoms with Crippen LogP contribution in [0.4, 0.5) is 13.2 Å². The number of carboxylic acid groups (broad SMARTS) is 1. The van der Waals surface area contributed by atoms with Crippen molar-refractivity contribution in [2.24, 2.45) is 10.9 Å². The van der Waals surface area contributed by atoms with Crippen LogP contribution in [0, 0.1) is 18.7 Å². The number of carbonyl (C=O) groups is 3. The van der Waals surface area contributed by atoms with E-state index in [4.69, 9.17) is 9.73 Å². The highest BCUT2D eigenvalue weighted by Gasteiger charge is 2.62. The number of carboxylic acids is 1. The van der Waals surface area contributed by atoms with Gasteiger partial charge in [-0.1, -0.05) is 19.1 Å². The minimum atomic E-state index is -3.27. The number of halogens is 3. The fraction of sp³-hybridized carbons (Fsp3) is 0.516. The van der Waals surface area contributed by atoms with Gasteiger partial charge in [0.2, 0.25) is 5.91 Å². The number of alkyl halides is 2. The van der Waals surface area contributed by atoms with Crippen molar-refractivity contribution in [3.8, 4) is 0 Å². The van der Waals surface area contributed by atoms with E-state index in [0.29, 0.717) is 22.8 Å². The van der Waals surface area contributed by atoms with Crippen molar-refractivity contribution in [2.45, 2.75) is 64.6 Å². The van der Waals surface area contributed by atoms with E-state index in [2.05, 4.69) is 10.3 Å². The summed E-state index contributed by atoms with van der Waals surface area (Å²) >= 11 is 1.29. The lowest BCUT2D eigenvalue weighted by molar-refractivity contribution is -0.154. The van der Waals surface area contributed by atoms with Gasteiger partial charge in [-0.25, -0.2) is 28.0 Å². The third-order valence-electron chi connectivity index (χ3n) is 8.81. The Morgan fingerprint density at radius 1 is 1.26 bits per heavy atom. The van der Waals surface area contributed by atoms with Crippen LogP contribution in [-0.4, -0.2) is 99.5 Å². The largest absolute Gasteiger partial charge is 0.481 e. The Morgan fingerprint density at radius 2 is 2.02 bits per heavy atom. The van der Waals surface area contributed by atoms with Gasteiger partial charge in [0, 0.05) is 37.3 Å². The molecule has 2 saturated heterocycles. The van der Waals surface area contributed by atoms with Gasteiger partial charge in [-0.15, -0.1) is 11.3 Å². The summed E-state index contributed by atoms with van der Waals surface area (Å²) in [5.41, 5.74) is 1.02. The second kappa shape index (κ2) is 13.5. The Kier molecular flexibility index (Phi) is 9.84. The molecule has 1 amide bonds. The molecule has 15 heteroatoms. The number of ether oxygens (including phenoxy) is 1. The summed E-state index contributed by atoms with van der Waals surface area (Å²) in [6.07, 6.45) is 2.00. The number of rotatable bonds is 11. The predicted molar refractivity (Wildman–Crippen MR) is 164 cm³/mol. The lowest BCUT2D eigenvalue weighted by Gasteiger charge is -2.34. The number of likely N-dealkylation sites (tertiary alicyclic amines) is 1. The molecule has 3 aliphatic rings. The molecule has 0 saturated carbocycles. The summed E-state index contributed by atoms with van der Waals surface area (Å²) in [5.74, 6) is -6.38. The summed E-state index contributed by atoms with van der Waals surface area (Å²) in [5, 5.41) is 17.5. The van der Waals surface area contributed by atoms with Crippen LogP contribution < -0.4 is 5.32 Å². The Labute approximate surface area is 268 Å². The number of carbonyl (C=O) groups excluding carboxylic acids is 2. The van der Waals surface area contributed by atoms with Gasteiger partial charge in [0.15, 0.2) is 10.8 Å². The number of fused-ring (bicyclic) bond motifs is 1. The maximum atomic E-state index is 15.9. The molecular formula is C31H37F3N6O5S. The number of aliphatic imine (C=N–C) groups is 1. The molecule has 0 aliphatic carbocycles. The lowest BCUT2D eigenvalue weighted by Crippen LogP contribution is -2.51. The molecule has 248 valence electrons. The number of hydrogen-bond acceptors (Lipinski definition) is 10. The van der Waals surface area contributed by atoms with Crippen molar-refractivity contribution >= 4 is 35.0 Å². The molecule has 2 aromatic rings. The molecule has 0 bridgehead atoms. The van der Waals surface area contributed by atoms with Gasteiger partial charge in [-0.2, -0.15) is 0 Å². The van der Waals surface area contributed by atoms with E-state index >= 15 is 8.78 Å². The van der Waals surface area contributed by atoms with Gasteiger partial charge in [0.1, 0.15) is 17.9 Å².